The van der Waals surface area contributed by atoms with Crippen LogP contribution in [0.15, 0.2) is 36.5 Å². The normalized spacial score (nSPS) is 20.0. The lowest BCUT2D eigenvalue weighted by Gasteiger charge is -2.16. The Labute approximate surface area is 236 Å². The number of ether oxygens (including phenoxy) is 2. The van der Waals surface area contributed by atoms with Gasteiger partial charge < -0.3 is 14.6 Å². The Morgan fingerprint density at radius 1 is 1.15 bits per heavy atom. The summed E-state index contributed by atoms with van der Waals surface area (Å²) in [6, 6.07) is 7.65. The number of terminal acetylenes is 1. The first-order chi connectivity index (χ1) is 19.9. The molecule has 212 valence electrons. The largest absolute Gasteiger partial charge is 0.508 e. The summed E-state index contributed by atoms with van der Waals surface area (Å²) >= 11 is 0. The van der Waals surface area contributed by atoms with Crippen molar-refractivity contribution in [2.45, 2.75) is 44.3 Å². The molecule has 3 heterocycles. The number of methoxy groups -OCH3 is 1. The molecule has 6 nitrogen and oxygen atoms in total. The second-order valence-electron chi connectivity index (χ2n) is 10.9. The minimum Gasteiger partial charge on any atom is -0.508 e. The predicted octanol–water partition coefficient (Wildman–Crippen LogP) is 6.41. The van der Waals surface area contributed by atoms with Gasteiger partial charge in [-0.25, -0.2) is 18.2 Å². The van der Waals surface area contributed by atoms with E-state index in [0.717, 1.165) is 25.8 Å². The highest BCUT2D eigenvalue weighted by atomic mass is 19.1. The number of aromatic nitrogens is 2. The molecule has 2 saturated heterocycles. The van der Waals surface area contributed by atoms with Crippen LogP contribution in [-0.2, 0) is 0 Å². The summed E-state index contributed by atoms with van der Waals surface area (Å²) in [4.78, 5) is 10.5. The Morgan fingerprint density at radius 3 is 2.71 bits per heavy atom. The van der Waals surface area contributed by atoms with Gasteiger partial charge in [0.2, 0.25) is 0 Å². The van der Waals surface area contributed by atoms with E-state index in [1.165, 1.54) is 56.5 Å². The van der Waals surface area contributed by atoms with Gasteiger partial charge in [0.05, 0.1) is 24.7 Å². The van der Waals surface area contributed by atoms with Crippen molar-refractivity contribution in [1.82, 2.24) is 14.9 Å². The third kappa shape index (κ3) is 5.36. The number of phenols is 1. The molecular formula is C32H30F3N3O3. The monoisotopic (exact) mass is 561 g/mol. The van der Waals surface area contributed by atoms with Crippen molar-refractivity contribution in [3.05, 3.63) is 53.7 Å². The summed E-state index contributed by atoms with van der Waals surface area (Å²) in [5.41, 5.74) is 0.292. The van der Waals surface area contributed by atoms with E-state index in [1.807, 2.05) is 0 Å². The van der Waals surface area contributed by atoms with Gasteiger partial charge in [0, 0.05) is 29.7 Å². The van der Waals surface area contributed by atoms with Crippen LogP contribution in [0.25, 0.3) is 32.8 Å². The molecule has 3 aliphatic rings. The molecular weight excluding hydrogens is 531 g/mol. The molecule has 2 aliphatic heterocycles. The highest BCUT2D eigenvalue weighted by molar-refractivity contribution is 6.04. The highest BCUT2D eigenvalue weighted by Crippen LogP contribution is 2.42. The van der Waals surface area contributed by atoms with E-state index in [4.69, 9.17) is 15.9 Å². The van der Waals surface area contributed by atoms with Crippen molar-refractivity contribution < 1.29 is 27.8 Å². The molecule has 4 aromatic rings. The smallest absolute Gasteiger partial charge is 0.316 e. The van der Waals surface area contributed by atoms with Gasteiger partial charge in [-0.15, -0.1) is 6.42 Å². The molecule has 3 aromatic carbocycles. The van der Waals surface area contributed by atoms with Crippen molar-refractivity contribution in [3.8, 4) is 41.0 Å². The van der Waals surface area contributed by atoms with Crippen LogP contribution in [0.2, 0.25) is 0 Å². The summed E-state index contributed by atoms with van der Waals surface area (Å²) in [5.74, 6) is 1.80. The summed E-state index contributed by atoms with van der Waals surface area (Å²) < 4.78 is 54.0. The van der Waals surface area contributed by atoms with Crippen molar-refractivity contribution in [2.75, 3.05) is 26.8 Å². The van der Waals surface area contributed by atoms with Gasteiger partial charge in [0.25, 0.3) is 0 Å². The number of hydrogen-bond acceptors (Lipinski definition) is 6. The molecule has 1 saturated carbocycles. The molecule has 41 heavy (non-hydrogen) atoms. The molecule has 0 spiro atoms. The van der Waals surface area contributed by atoms with Crippen LogP contribution in [0.5, 0.6) is 17.5 Å². The van der Waals surface area contributed by atoms with E-state index in [-0.39, 0.29) is 34.0 Å². The van der Waals surface area contributed by atoms with Crippen molar-refractivity contribution in [1.29, 1.82) is 0 Å². The van der Waals surface area contributed by atoms with Crippen LogP contribution < -0.4 is 9.47 Å². The van der Waals surface area contributed by atoms with Gasteiger partial charge in [-0.2, -0.15) is 4.98 Å². The highest BCUT2D eigenvalue weighted by Gasteiger charge is 2.34. The van der Waals surface area contributed by atoms with Crippen molar-refractivity contribution >= 4 is 21.7 Å². The predicted molar refractivity (Wildman–Crippen MR) is 151 cm³/mol. The first-order valence-electron chi connectivity index (χ1n) is 13.8. The number of phenolic OH excluding ortho intramolecular Hbond substituents is 1. The molecule has 2 atom stereocenters. The topological polar surface area (TPSA) is 67.7 Å². The van der Waals surface area contributed by atoms with Crippen LogP contribution >= 0.6 is 0 Å². The van der Waals surface area contributed by atoms with E-state index >= 15 is 4.39 Å². The average Bonchev–Trinajstić information content (AvgIpc) is 3.59. The zero-order chi connectivity index (χ0) is 28.7. The lowest BCUT2D eigenvalue weighted by molar-refractivity contribution is 0.292. The maximum absolute atomic E-state index is 15.8. The standard InChI is InChI=1S/C25H18F2N2O3.C7H12FN/c1-3-16-20(26)7-6-14-8-15(30)9-17(22(14)16)18-10-21(32-12-13-4-5-13)19-11-28-25(31-2)29-24(19)23(18)27;8-6-4-7-2-1-3-9(7)5-6/h1,6-11,13,30H,4-5,12H2,2H3;6-7H,1-5H2. The molecule has 7 rings (SSSR count). The first kappa shape index (κ1) is 27.2. The zero-order valence-corrected chi connectivity index (χ0v) is 22.7. The van der Waals surface area contributed by atoms with Crippen LogP contribution in [0, 0.1) is 29.9 Å². The van der Waals surface area contributed by atoms with Gasteiger partial charge in [-0.1, -0.05) is 12.0 Å². The van der Waals surface area contributed by atoms with Crippen molar-refractivity contribution in [3.63, 3.8) is 0 Å². The van der Waals surface area contributed by atoms with Gasteiger partial charge in [-0.3, -0.25) is 4.90 Å². The average molecular weight is 562 g/mol. The maximum atomic E-state index is 15.8. The van der Waals surface area contributed by atoms with E-state index < -0.39 is 17.8 Å². The molecule has 0 amide bonds. The second-order valence-corrected chi connectivity index (χ2v) is 10.9. The molecule has 9 heteroatoms. The fraction of sp³-hybridized carbons (Fsp3) is 0.375. The molecule has 0 radical (unpaired) electrons. The molecule has 3 fully saturated rings. The van der Waals surface area contributed by atoms with E-state index in [2.05, 4.69) is 20.8 Å². The Balaban J connectivity index is 0.000000283. The van der Waals surface area contributed by atoms with Gasteiger partial charge in [0.1, 0.15) is 29.0 Å². The molecule has 1 N–H and O–H groups in total. The minimum absolute atomic E-state index is 0.00202. The summed E-state index contributed by atoms with van der Waals surface area (Å²) in [5, 5.41) is 11.5. The van der Waals surface area contributed by atoms with E-state index in [9.17, 15) is 13.9 Å². The first-order valence-corrected chi connectivity index (χ1v) is 13.8. The minimum atomic E-state index is -0.682. The van der Waals surface area contributed by atoms with Gasteiger partial charge >= 0.3 is 6.01 Å². The summed E-state index contributed by atoms with van der Waals surface area (Å²) in [6.07, 6.45) is 12.0. The maximum Gasteiger partial charge on any atom is 0.316 e. The molecule has 1 aromatic heterocycles. The van der Waals surface area contributed by atoms with E-state index in [0.29, 0.717) is 47.0 Å². The summed E-state index contributed by atoms with van der Waals surface area (Å²) in [7, 11) is 1.39. The molecule has 2 unspecified atom stereocenters. The number of alkyl halides is 1. The number of hydrogen-bond donors (Lipinski definition) is 1. The van der Waals surface area contributed by atoms with Gasteiger partial charge in [0.15, 0.2) is 5.82 Å². The Morgan fingerprint density at radius 2 is 1.98 bits per heavy atom. The third-order valence-electron chi connectivity index (χ3n) is 8.05. The number of halogens is 3. The number of rotatable bonds is 5. The third-order valence-corrected chi connectivity index (χ3v) is 8.05. The lowest BCUT2D eigenvalue weighted by atomic mass is 9.93. The fourth-order valence-electron chi connectivity index (χ4n) is 5.82. The molecule has 0 bridgehead atoms. The zero-order valence-electron chi connectivity index (χ0n) is 22.7. The van der Waals surface area contributed by atoms with Crippen LogP contribution in [0.4, 0.5) is 13.2 Å². The number of fused-ring (bicyclic) bond motifs is 3. The van der Waals surface area contributed by atoms with Crippen LogP contribution in [0.1, 0.15) is 37.7 Å². The Hall–Kier alpha value is -4.03. The Bertz CT molecular complexity index is 1660. The van der Waals surface area contributed by atoms with Crippen LogP contribution in [-0.4, -0.2) is 59.0 Å². The second kappa shape index (κ2) is 11.1. The number of nitrogens with zero attached hydrogens (tertiary/aromatic N) is 3. The van der Waals surface area contributed by atoms with Gasteiger partial charge in [-0.05, 0) is 79.8 Å². The summed E-state index contributed by atoms with van der Waals surface area (Å²) in [6.45, 7) is 2.34. The quantitative estimate of drug-likeness (QED) is 0.284. The SMILES string of the molecule is C#Cc1c(F)ccc2cc(O)cc(-c3cc(OCC4CC4)c4cnc(OC)nc4c3F)c12.FC1CC2CCCN2C1. The van der Waals surface area contributed by atoms with E-state index in [1.54, 1.807) is 0 Å². The Kier molecular flexibility index (Phi) is 7.35. The number of benzene rings is 3. The van der Waals surface area contributed by atoms with Crippen LogP contribution in [0.3, 0.4) is 0 Å². The fourth-order valence-corrected chi connectivity index (χ4v) is 5.82. The molecule has 1 aliphatic carbocycles. The number of aromatic hydroxyl groups is 1. The van der Waals surface area contributed by atoms with Crippen molar-refractivity contribution in [2.24, 2.45) is 5.92 Å². The lowest BCUT2D eigenvalue weighted by Crippen LogP contribution is -2.22.